The summed E-state index contributed by atoms with van der Waals surface area (Å²) in [6.45, 7) is 4.61. The van der Waals surface area contributed by atoms with Gasteiger partial charge < -0.3 is 19.5 Å². The minimum atomic E-state index is -4.70. The summed E-state index contributed by atoms with van der Waals surface area (Å²) in [5, 5.41) is 0. The first-order valence-corrected chi connectivity index (χ1v) is 13.6. The van der Waals surface area contributed by atoms with E-state index >= 15 is 0 Å². The molecule has 0 bridgehead atoms. The number of H-pyrrole nitrogens is 1. The molecule has 4 aromatic rings. The van der Waals surface area contributed by atoms with Gasteiger partial charge in [0, 0.05) is 11.0 Å². The van der Waals surface area contributed by atoms with Gasteiger partial charge in [0.05, 0.1) is 24.1 Å². The highest BCUT2D eigenvalue weighted by atomic mass is 31.2. The Morgan fingerprint density at radius 3 is 2.18 bits per heavy atom. The minimum absolute atomic E-state index is 0.222. The van der Waals surface area contributed by atoms with Crippen molar-refractivity contribution in [2.24, 2.45) is 0 Å². The van der Waals surface area contributed by atoms with Crippen LogP contribution in [0.5, 0.6) is 5.75 Å². The van der Waals surface area contributed by atoms with Gasteiger partial charge in [-0.15, -0.1) is 0 Å². The molecule has 39 heavy (non-hydrogen) atoms. The number of hydrogen-bond acceptors (Lipinski definition) is 4. The lowest BCUT2D eigenvalue weighted by molar-refractivity contribution is -0.139. The van der Waals surface area contributed by atoms with Crippen LogP contribution < -0.4 is 4.74 Å². The molecule has 4 rings (SSSR count). The normalized spacial score (nSPS) is 13.3. The van der Waals surface area contributed by atoms with Crippen molar-refractivity contribution in [2.45, 2.75) is 38.5 Å². The van der Waals surface area contributed by atoms with E-state index in [1.807, 2.05) is 54.6 Å². The SMILES string of the molecule is CC(Oc1ccc(-c2cnc(C(C)(C)COP(=O)(O)O)[nH]2)cc1C(F)(F)F)c1ccc(-c2ccccc2)cc1. The van der Waals surface area contributed by atoms with Gasteiger partial charge in [-0.3, -0.25) is 4.52 Å². The van der Waals surface area contributed by atoms with Gasteiger partial charge in [-0.1, -0.05) is 68.4 Å². The van der Waals surface area contributed by atoms with Crippen LogP contribution in [0.1, 0.15) is 43.8 Å². The highest BCUT2D eigenvalue weighted by Crippen LogP contribution is 2.41. The third-order valence-electron chi connectivity index (χ3n) is 6.20. The molecule has 0 amide bonds. The number of benzene rings is 3. The Morgan fingerprint density at radius 2 is 1.56 bits per heavy atom. The summed E-state index contributed by atoms with van der Waals surface area (Å²) in [5.41, 5.74) is 1.39. The third-order valence-corrected chi connectivity index (χ3v) is 6.66. The number of hydrogen-bond donors (Lipinski definition) is 3. The number of nitrogens with one attached hydrogen (secondary N) is 1. The van der Waals surface area contributed by atoms with Crippen molar-refractivity contribution in [3.8, 4) is 28.1 Å². The van der Waals surface area contributed by atoms with Crippen molar-refractivity contribution in [1.82, 2.24) is 9.97 Å². The van der Waals surface area contributed by atoms with Crippen molar-refractivity contribution in [1.29, 1.82) is 0 Å². The molecule has 0 saturated carbocycles. The number of rotatable bonds is 9. The van der Waals surface area contributed by atoms with Gasteiger partial charge in [-0.05, 0) is 41.8 Å². The maximum atomic E-state index is 14.0. The molecule has 11 heteroatoms. The monoisotopic (exact) mass is 560 g/mol. The summed E-state index contributed by atoms with van der Waals surface area (Å²) >= 11 is 0. The van der Waals surface area contributed by atoms with Crippen LogP contribution in [0.3, 0.4) is 0 Å². The van der Waals surface area contributed by atoms with E-state index in [4.69, 9.17) is 14.5 Å². The number of halogens is 3. The van der Waals surface area contributed by atoms with Gasteiger partial charge in [0.2, 0.25) is 0 Å². The summed E-state index contributed by atoms with van der Waals surface area (Å²) in [6, 6.07) is 21.0. The highest BCUT2D eigenvalue weighted by Gasteiger charge is 2.36. The molecule has 0 fully saturated rings. The Bertz CT molecular complexity index is 1460. The van der Waals surface area contributed by atoms with Crippen LogP contribution in [0, 0.1) is 0 Å². The Hall–Kier alpha value is -3.43. The van der Waals surface area contributed by atoms with Crippen LogP contribution in [0.2, 0.25) is 0 Å². The number of phosphoric acid groups is 1. The van der Waals surface area contributed by atoms with Crippen LogP contribution >= 0.6 is 7.82 Å². The lowest BCUT2D eigenvalue weighted by Gasteiger charge is -2.22. The van der Waals surface area contributed by atoms with E-state index in [1.54, 1.807) is 20.8 Å². The lowest BCUT2D eigenvalue weighted by Crippen LogP contribution is -2.25. The van der Waals surface area contributed by atoms with Gasteiger partial charge in [0.1, 0.15) is 17.7 Å². The number of alkyl halides is 3. The number of ether oxygens (including phenoxy) is 1. The molecular formula is C28H28F3N2O5P. The maximum Gasteiger partial charge on any atom is 0.469 e. The molecule has 0 aliphatic heterocycles. The topological polar surface area (TPSA) is 105 Å². The van der Waals surface area contributed by atoms with Crippen LogP contribution in [-0.2, 0) is 20.7 Å². The summed E-state index contributed by atoms with van der Waals surface area (Å²) in [5.74, 6) is -0.00611. The highest BCUT2D eigenvalue weighted by molar-refractivity contribution is 7.46. The van der Waals surface area contributed by atoms with E-state index in [1.165, 1.54) is 18.3 Å². The first-order valence-electron chi connectivity index (χ1n) is 12.0. The Balaban J connectivity index is 1.56. The Kier molecular flexibility index (Phi) is 8.04. The number of phosphoric ester groups is 1. The van der Waals surface area contributed by atoms with Crippen LogP contribution in [0.15, 0.2) is 79.0 Å². The number of nitrogens with zero attached hydrogens (tertiary/aromatic N) is 1. The van der Waals surface area contributed by atoms with Crippen molar-refractivity contribution >= 4 is 7.82 Å². The predicted molar refractivity (Wildman–Crippen MR) is 141 cm³/mol. The zero-order valence-corrected chi connectivity index (χ0v) is 22.3. The average molecular weight is 561 g/mol. The van der Waals surface area contributed by atoms with E-state index in [0.717, 1.165) is 22.8 Å². The van der Waals surface area contributed by atoms with Gasteiger partial charge in [-0.2, -0.15) is 13.2 Å². The molecule has 1 aromatic heterocycles. The standard InChI is InChI=1S/C28H28F3N2O5P/c1-18(19-9-11-21(12-10-19)20-7-5-4-6-8-20)38-25-14-13-22(15-23(25)28(29,30)31)24-16-32-26(33-24)27(2,3)17-37-39(34,35)36/h4-16,18H,17H2,1-3H3,(H,32,33)(H2,34,35,36). The number of aromatic amines is 1. The minimum Gasteiger partial charge on any atom is -0.485 e. The second-order valence-electron chi connectivity index (χ2n) is 9.75. The fourth-order valence-corrected chi connectivity index (χ4v) is 4.47. The van der Waals surface area contributed by atoms with Crippen LogP contribution in [0.25, 0.3) is 22.4 Å². The molecule has 0 radical (unpaired) electrons. The third kappa shape index (κ3) is 7.16. The second-order valence-corrected chi connectivity index (χ2v) is 11.0. The second kappa shape index (κ2) is 11.0. The van der Waals surface area contributed by atoms with E-state index in [2.05, 4.69) is 14.5 Å². The molecule has 1 heterocycles. The molecule has 0 spiro atoms. The summed E-state index contributed by atoms with van der Waals surface area (Å²) in [7, 11) is -4.70. The van der Waals surface area contributed by atoms with Gasteiger partial charge in [-0.25, -0.2) is 9.55 Å². The number of imidazole rings is 1. The lowest BCUT2D eigenvalue weighted by atomic mass is 9.94. The predicted octanol–water partition coefficient (Wildman–Crippen LogP) is 7.29. The molecule has 206 valence electrons. The molecule has 0 aliphatic rings. The van der Waals surface area contributed by atoms with E-state index < -0.39 is 31.1 Å². The molecular weight excluding hydrogens is 532 g/mol. The zero-order chi connectivity index (χ0) is 28.4. The molecule has 0 saturated heterocycles. The Labute approximate surface area is 223 Å². The molecule has 3 N–H and O–H groups in total. The Morgan fingerprint density at radius 1 is 0.949 bits per heavy atom. The maximum absolute atomic E-state index is 14.0. The molecule has 1 atom stereocenters. The molecule has 3 aromatic carbocycles. The van der Waals surface area contributed by atoms with Crippen molar-refractivity contribution in [2.75, 3.05) is 6.61 Å². The van der Waals surface area contributed by atoms with E-state index in [0.29, 0.717) is 11.5 Å². The van der Waals surface area contributed by atoms with Crippen LogP contribution in [0.4, 0.5) is 13.2 Å². The first kappa shape index (κ1) is 28.6. The quantitative estimate of drug-likeness (QED) is 0.186. The van der Waals surface area contributed by atoms with E-state index in [9.17, 15) is 17.7 Å². The summed E-state index contributed by atoms with van der Waals surface area (Å²) in [6.07, 6.45) is -3.96. The van der Waals surface area contributed by atoms with Gasteiger partial charge in [0.15, 0.2) is 0 Å². The number of aromatic nitrogens is 2. The smallest absolute Gasteiger partial charge is 0.469 e. The van der Waals surface area contributed by atoms with Gasteiger partial charge in [0.25, 0.3) is 0 Å². The summed E-state index contributed by atoms with van der Waals surface area (Å²) in [4.78, 5) is 25.1. The fourth-order valence-electron chi connectivity index (χ4n) is 3.98. The van der Waals surface area contributed by atoms with E-state index in [-0.39, 0.29) is 17.9 Å². The average Bonchev–Trinajstić information content (AvgIpc) is 3.39. The molecule has 0 aliphatic carbocycles. The van der Waals surface area contributed by atoms with Crippen molar-refractivity contribution in [3.05, 3.63) is 95.9 Å². The molecule has 7 nitrogen and oxygen atoms in total. The largest absolute Gasteiger partial charge is 0.485 e. The van der Waals surface area contributed by atoms with Gasteiger partial charge >= 0.3 is 14.0 Å². The summed E-state index contributed by atoms with van der Waals surface area (Å²) < 4.78 is 63.6. The zero-order valence-electron chi connectivity index (χ0n) is 21.4. The van der Waals surface area contributed by atoms with Crippen molar-refractivity contribution < 1.29 is 36.8 Å². The van der Waals surface area contributed by atoms with Crippen LogP contribution in [-0.4, -0.2) is 26.4 Å². The fraction of sp³-hybridized carbons (Fsp3) is 0.250. The first-order chi connectivity index (χ1) is 18.2. The van der Waals surface area contributed by atoms with Crippen molar-refractivity contribution in [3.63, 3.8) is 0 Å². The molecule has 1 unspecified atom stereocenters.